The van der Waals surface area contributed by atoms with Crippen LogP contribution in [0.15, 0.2) is 36.4 Å². The number of ether oxygens (including phenoxy) is 3. The Kier molecular flexibility index (Phi) is 5.49. The van der Waals surface area contributed by atoms with Gasteiger partial charge in [0.25, 0.3) is 0 Å². The Morgan fingerprint density at radius 3 is 2.40 bits per heavy atom. The van der Waals surface area contributed by atoms with E-state index in [9.17, 15) is 0 Å². The molecule has 0 amide bonds. The second-order valence-electron chi connectivity index (χ2n) is 6.49. The number of nitrogens with one attached hydrogen (secondary N) is 1. The second-order valence-corrected chi connectivity index (χ2v) is 6.49. The largest absolute Gasteiger partial charge is 0.493 e. The van der Waals surface area contributed by atoms with Crippen LogP contribution in [-0.4, -0.2) is 27.9 Å². The predicted octanol–water partition coefficient (Wildman–Crippen LogP) is 4.09. The van der Waals surface area contributed by atoms with E-state index in [1.165, 1.54) is 16.7 Å². The van der Waals surface area contributed by atoms with E-state index in [0.29, 0.717) is 17.7 Å². The highest BCUT2D eigenvalue weighted by Gasteiger charge is 2.30. The van der Waals surface area contributed by atoms with Gasteiger partial charge in [0.2, 0.25) is 5.75 Å². The average Bonchev–Trinajstić information content (AvgIpc) is 3.07. The molecule has 2 aromatic carbocycles. The molecule has 0 radical (unpaired) electrons. The molecule has 0 saturated carbocycles. The van der Waals surface area contributed by atoms with E-state index in [1.807, 2.05) is 0 Å². The fourth-order valence-electron chi connectivity index (χ4n) is 3.72. The van der Waals surface area contributed by atoms with Gasteiger partial charge in [0, 0.05) is 18.2 Å². The fourth-order valence-corrected chi connectivity index (χ4v) is 3.72. The van der Waals surface area contributed by atoms with Crippen molar-refractivity contribution < 1.29 is 14.2 Å². The molecule has 4 heteroatoms. The Morgan fingerprint density at radius 2 is 1.76 bits per heavy atom. The van der Waals surface area contributed by atoms with Gasteiger partial charge in [-0.05, 0) is 42.9 Å². The maximum atomic E-state index is 5.64. The molecule has 1 aliphatic rings. The lowest BCUT2D eigenvalue weighted by molar-refractivity contribution is 0.322. The lowest BCUT2D eigenvalue weighted by atomic mass is 9.99. The third-order valence-corrected chi connectivity index (χ3v) is 5.12. The highest BCUT2D eigenvalue weighted by atomic mass is 16.5. The predicted molar refractivity (Wildman–Crippen MR) is 100 cm³/mol. The molecule has 1 aliphatic carbocycles. The minimum absolute atomic E-state index is 0.326. The van der Waals surface area contributed by atoms with E-state index in [0.717, 1.165) is 30.9 Å². The van der Waals surface area contributed by atoms with E-state index in [2.05, 4.69) is 48.6 Å². The third-order valence-electron chi connectivity index (χ3n) is 5.12. The molecule has 0 fully saturated rings. The first kappa shape index (κ1) is 17.6. The summed E-state index contributed by atoms with van der Waals surface area (Å²) in [5.74, 6) is 2.70. The molecule has 0 bridgehead atoms. The summed E-state index contributed by atoms with van der Waals surface area (Å²) in [5.41, 5.74) is 3.87. The average molecular weight is 341 g/mol. The zero-order valence-electron chi connectivity index (χ0n) is 15.5. The number of benzene rings is 2. The topological polar surface area (TPSA) is 39.7 Å². The van der Waals surface area contributed by atoms with Gasteiger partial charge in [-0.2, -0.15) is 0 Å². The van der Waals surface area contributed by atoms with E-state index in [-0.39, 0.29) is 0 Å². The summed E-state index contributed by atoms with van der Waals surface area (Å²) >= 11 is 0. The van der Waals surface area contributed by atoms with Gasteiger partial charge in [-0.3, -0.25) is 0 Å². The molecule has 2 aromatic rings. The van der Waals surface area contributed by atoms with E-state index >= 15 is 0 Å². The van der Waals surface area contributed by atoms with E-state index < -0.39 is 0 Å². The molecule has 4 nitrogen and oxygen atoms in total. The first-order chi connectivity index (χ1) is 12.2. The Morgan fingerprint density at radius 1 is 1.04 bits per heavy atom. The highest BCUT2D eigenvalue weighted by molar-refractivity contribution is 5.61. The molecule has 3 rings (SSSR count). The lowest BCUT2D eigenvalue weighted by Gasteiger charge is -2.20. The summed E-state index contributed by atoms with van der Waals surface area (Å²) in [6.07, 6.45) is 2.11. The van der Waals surface area contributed by atoms with Crippen LogP contribution in [0.2, 0.25) is 0 Å². The van der Waals surface area contributed by atoms with Crippen LogP contribution < -0.4 is 19.5 Å². The Balaban J connectivity index is 1.79. The highest BCUT2D eigenvalue weighted by Crippen LogP contribution is 2.48. The van der Waals surface area contributed by atoms with E-state index in [1.54, 1.807) is 21.3 Å². The molecule has 0 aliphatic heterocycles. The van der Waals surface area contributed by atoms with E-state index in [4.69, 9.17) is 14.2 Å². The lowest BCUT2D eigenvalue weighted by Crippen LogP contribution is -2.23. The molecule has 1 N–H and O–H groups in total. The fraction of sp³-hybridized carbons (Fsp3) is 0.429. The Labute approximate surface area is 150 Å². The SMILES string of the molecule is COc1cc2c(c(OC)c1OC)CC[C@H]2CN[C@@H](C)c1ccccc1. The summed E-state index contributed by atoms with van der Waals surface area (Å²) in [4.78, 5) is 0. The van der Waals surface area contributed by atoms with Crippen molar-refractivity contribution in [1.29, 1.82) is 0 Å². The number of hydrogen-bond donors (Lipinski definition) is 1. The maximum Gasteiger partial charge on any atom is 0.203 e. The zero-order valence-corrected chi connectivity index (χ0v) is 15.5. The quantitative estimate of drug-likeness (QED) is 0.823. The molecule has 0 saturated heterocycles. The van der Waals surface area contributed by atoms with Crippen LogP contribution in [0.4, 0.5) is 0 Å². The van der Waals surface area contributed by atoms with Crippen LogP contribution in [0.5, 0.6) is 17.2 Å². The van der Waals surface area contributed by atoms with Gasteiger partial charge in [0.15, 0.2) is 11.5 Å². The van der Waals surface area contributed by atoms with Gasteiger partial charge in [0.1, 0.15) is 0 Å². The normalized spacial score (nSPS) is 17.0. The molecule has 0 aromatic heterocycles. The smallest absolute Gasteiger partial charge is 0.203 e. The molecule has 25 heavy (non-hydrogen) atoms. The molecule has 0 unspecified atom stereocenters. The molecule has 0 spiro atoms. The summed E-state index contributed by atoms with van der Waals surface area (Å²) in [6, 6.07) is 13.0. The van der Waals surface area contributed by atoms with Gasteiger partial charge in [-0.1, -0.05) is 30.3 Å². The first-order valence-electron chi connectivity index (χ1n) is 8.79. The summed E-state index contributed by atoms with van der Waals surface area (Å²) in [5, 5.41) is 3.67. The summed E-state index contributed by atoms with van der Waals surface area (Å²) < 4.78 is 16.7. The van der Waals surface area contributed by atoms with Gasteiger partial charge in [0.05, 0.1) is 21.3 Å². The van der Waals surface area contributed by atoms with Crippen LogP contribution >= 0.6 is 0 Å². The van der Waals surface area contributed by atoms with Gasteiger partial charge in [-0.15, -0.1) is 0 Å². The summed E-state index contributed by atoms with van der Waals surface area (Å²) in [6.45, 7) is 3.14. The monoisotopic (exact) mass is 341 g/mol. The van der Waals surface area contributed by atoms with Crippen molar-refractivity contribution in [3.63, 3.8) is 0 Å². The van der Waals surface area contributed by atoms with Gasteiger partial charge >= 0.3 is 0 Å². The van der Waals surface area contributed by atoms with Crippen LogP contribution in [0, 0.1) is 0 Å². The number of hydrogen-bond acceptors (Lipinski definition) is 4. The zero-order chi connectivity index (χ0) is 17.8. The molecular weight excluding hydrogens is 314 g/mol. The Hall–Kier alpha value is -2.20. The van der Waals surface area contributed by atoms with Crippen molar-refractivity contribution in [3.8, 4) is 17.2 Å². The van der Waals surface area contributed by atoms with Crippen molar-refractivity contribution >= 4 is 0 Å². The van der Waals surface area contributed by atoms with Crippen molar-refractivity contribution in [2.45, 2.75) is 31.7 Å². The van der Waals surface area contributed by atoms with Crippen LogP contribution in [0.3, 0.4) is 0 Å². The van der Waals surface area contributed by atoms with Crippen molar-refractivity contribution in [2.24, 2.45) is 0 Å². The van der Waals surface area contributed by atoms with Gasteiger partial charge in [-0.25, -0.2) is 0 Å². The first-order valence-corrected chi connectivity index (χ1v) is 8.79. The maximum absolute atomic E-state index is 5.64. The van der Waals surface area contributed by atoms with Gasteiger partial charge < -0.3 is 19.5 Å². The van der Waals surface area contributed by atoms with Crippen molar-refractivity contribution in [1.82, 2.24) is 5.32 Å². The second kappa shape index (κ2) is 7.79. The third kappa shape index (κ3) is 3.45. The molecular formula is C21H27NO3. The number of fused-ring (bicyclic) bond motifs is 1. The van der Waals surface area contributed by atoms with Crippen LogP contribution in [0.1, 0.15) is 42.0 Å². The van der Waals surface area contributed by atoms with Crippen LogP contribution in [-0.2, 0) is 6.42 Å². The molecule has 134 valence electrons. The number of rotatable bonds is 7. The summed E-state index contributed by atoms with van der Waals surface area (Å²) in [7, 11) is 5.02. The van der Waals surface area contributed by atoms with Crippen molar-refractivity contribution in [2.75, 3.05) is 27.9 Å². The minimum atomic E-state index is 0.326. The van der Waals surface area contributed by atoms with Crippen molar-refractivity contribution in [3.05, 3.63) is 53.1 Å². The molecule has 2 atom stereocenters. The Bertz CT molecular complexity index is 715. The van der Waals surface area contributed by atoms with Crippen LogP contribution in [0.25, 0.3) is 0 Å². The number of methoxy groups -OCH3 is 3. The molecule has 0 heterocycles. The minimum Gasteiger partial charge on any atom is -0.493 e. The standard InChI is InChI=1S/C21H27NO3/c1-14(15-8-6-5-7-9-15)22-13-16-10-11-17-18(16)12-19(23-2)21(25-4)20(17)24-3/h5-9,12,14,16,22H,10-11,13H2,1-4H3/t14-,16-/m0/s1.